The van der Waals surface area contributed by atoms with Gasteiger partial charge in [-0.2, -0.15) is 0 Å². The van der Waals surface area contributed by atoms with Gasteiger partial charge in [-0.15, -0.1) is 17.8 Å². The third-order valence-corrected chi connectivity index (χ3v) is 5.59. The van der Waals surface area contributed by atoms with Crippen molar-refractivity contribution < 1.29 is 8.42 Å². The van der Waals surface area contributed by atoms with Crippen molar-refractivity contribution in [2.24, 2.45) is 0 Å². The van der Waals surface area contributed by atoms with Gasteiger partial charge in [0.05, 0.1) is 9.47 Å². The van der Waals surface area contributed by atoms with Crippen LogP contribution in [0.2, 0.25) is 0 Å². The quantitative estimate of drug-likeness (QED) is 0.870. The maximum atomic E-state index is 12.0. The van der Waals surface area contributed by atoms with Crippen LogP contribution in [0.15, 0.2) is 44.4 Å². The van der Waals surface area contributed by atoms with Crippen LogP contribution < -0.4 is 4.72 Å². The van der Waals surface area contributed by atoms with Crippen LogP contribution >= 0.6 is 27.3 Å². The van der Waals surface area contributed by atoms with E-state index in [2.05, 4.69) is 26.6 Å². The summed E-state index contributed by atoms with van der Waals surface area (Å²) >= 11 is 4.38. The van der Waals surface area contributed by atoms with Crippen molar-refractivity contribution >= 4 is 43.0 Å². The van der Waals surface area contributed by atoms with Crippen LogP contribution in [-0.2, 0) is 10.0 Å². The molecule has 0 radical (unpaired) electrons. The normalized spacial score (nSPS) is 10.9. The fraction of sp³-hybridized carbons (Fsp3) is 0. The lowest BCUT2D eigenvalue weighted by molar-refractivity contribution is 0.603. The number of hydrogen-bond donors (Lipinski definition) is 1. The summed E-state index contributed by atoms with van der Waals surface area (Å²) in [7, 11) is -3.55. The van der Waals surface area contributed by atoms with Crippen LogP contribution in [-0.4, -0.2) is 8.42 Å². The standard InChI is InChI=1S/C12H8BrNO2S2/c1-2-9-4-3-5-10(8-9)14-18(15,16)12-7-6-11(13)17-12/h1,3-8,14H. The Hall–Kier alpha value is -1.29. The second kappa shape index (κ2) is 5.14. The highest BCUT2D eigenvalue weighted by molar-refractivity contribution is 9.11. The zero-order valence-corrected chi connectivity index (χ0v) is 12.3. The molecule has 0 saturated heterocycles. The molecule has 6 heteroatoms. The molecule has 0 spiro atoms. The average Bonchev–Trinajstić information content (AvgIpc) is 2.76. The lowest BCUT2D eigenvalue weighted by atomic mass is 10.2. The van der Waals surface area contributed by atoms with E-state index >= 15 is 0 Å². The van der Waals surface area contributed by atoms with E-state index in [1.807, 2.05) is 0 Å². The van der Waals surface area contributed by atoms with E-state index in [0.717, 1.165) is 15.1 Å². The summed E-state index contributed by atoms with van der Waals surface area (Å²) in [6.45, 7) is 0. The van der Waals surface area contributed by atoms with E-state index in [9.17, 15) is 8.42 Å². The van der Waals surface area contributed by atoms with Crippen LogP contribution in [0.3, 0.4) is 0 Å². The summed E-state index contributed by atoms with van der Waals surface area (Å²) < 4.78 is 27.6. The Morgan fingerprint density at radius 2 is 2.06 bits per heavy atom. The average molecular weight is 342 g/mol. The van der Waals surface area contributed by atoms with Gasteiger partial charge in [0.25, 0.3) is 10.0 Å². The van der Waals surface area contributed by atoms with Gasteiger partial charge in [-0.3, -0.25) is 4.72 Å². The first-order valence-electron chi connectivity index (χ1n) is 4.86. The van der Waals surface area contributed by atoms with E-state index in [4.69, 9.17) is 6.42 Å². The molecular weight excluding hydrogens is 334 g/mol. The number of halogens is 1. The Bertz CT molecular complexity index is 714. The van der Waals surface area contributed by atoms with E-state index in [-0.39, 0.29) is 4.21 Å². The Balaban J connectivity index is 2.31. The van der Waals surface area contributed by atoms with Crippen LogP contribution in [0.25, 0.3) is 0 Å². The molecule has 18 heavy (non-hydrogen) atoms. The molecule has 0 atom stereocenters. The van der Waals surface area contributed by atoms with Crippen molar-refractivity contribution in [1.29, 1.82) is 0 Å². The number of rotatable bonds is 3. The van der Waals surface area contributed by atoms with E-state index in [1.54, 1.807) is 36.4 Å². The van der Waals surface area contributed by atoms with Gasteiger partial charge < -0.3 is 0 Å². The first kappa shape index (κ1) is 13.1. The molecule has 1 heterocycles. The predicted octanol–water partition coefficient (Wildman–Crippen LogP) is 3.29. The summed E-state index contributed by atoms with van der Waals surface area (Å²) in [4.78, 5) is 0. The van der Waals surface area contributed by atoms with Gasteiger partial charge in [-0.25, -0.2) is 8.42 Å². The molecule has 0 saturated carbocycles. The molecule has 1 aromatic heterocycles. The molecule has 3 nitrogen and oxygen atoms in total. The molecule has 0 aliphatic heterocycles. The van der Waals surface area contributed by atoms with Gasteiger partial charge in [0.2, 0.25) is 0 Å². The zero-order chi connectivity index (χ0) is 13.2. The van der Waals surface area contributed by atoms with Crippen molar-refractivity contribution in [3.8, 4) is 12.3 Å². The smallest absolute Gasteiger partial charge is 0.271 e. The number of anilines is 1. The third kappa shape index (κ3) is 2.93. The molecule has 92 valence electrons. The van der Waals surface area contributed by atoms with Crippen LogP contribution in [0.4, 0.5) is 5.69 Å². The highest BCUT2D eigenvalue weighted by atomic mass is 79.9. The molecule has 2 aromatic rings. The Morgan fingerprint density at radius 3 is 2.67 bits per heavy atom. The van der Waals surface area contributed by atoms with E-state index < -0.39 is 10.0 Å². The third-order valence-electron chi connectivity index (χ3n) is 2.09. The van der Waals surface area contributed by atoms with E-state index in [0.29, 0.717) is 11.3 Å². The largest absolute Gasteiger partial charge is 0.279 e. The van der Waals surface area contributed by atoms with Crippen LogP contribution in [0.5, 0.6) is 0 Å². The number of nitrogens with one attached hydrogen (secondary N) is 1. The Labute approximate surface area is 118 Å². The monoisotopic (exact) mass is 341 g/mol. The highest BCUT2D eigenvalue weighted by Crippen LogP contribution is 2.27. The second-order valence-corrected chi connectivity index (χ2v) is 7.76. The summed E-state index contributed by atoms with van der Waals surface area (Å²) in [6, 6.07) is 9.94. The van der Waals surface area contributed by atoms with Crippen molar-refractivity contribution in [3.05, 3.63) is 45.7 Å². The maximum absolute atomic E-state index is 12.0. The first-order valence-corrected chi connectivity index (χ1v) is 7.95. The van der Waals surface area contributed by atoms with Gasteiger partial charge in [-0.05, 0) is 46.3 Å². The summed E-state index contributed by atoms with van der Waals surface area (Å²) in [5.74, 6) is 2.46. The zero-order valence-electron chi connectivity index (χ0n) is 9.05. The molecule has 0 aliphatic rings. The number of sulfonamides is 1. The Morgan fingerprint density at radius 1 is 1.28 bits per heavy atom. The van der Waals surface area contributed by atoms with Crippen molar-refractivity contribution in [2.45, 2.75) is 4.21 Å². The highest BCUT2D eigenvalue weighted by Gasteiger charge is 2.16. The predicted molar refractivity (Wildman–Crippen MR) is 77.2 cm³/mol. The Kier molecular flexibility index (Phi) is 3.76. The molecule has 1 N–H and O–H groups in total. The molecule has 0 unspecified atom stereocenters. The molecule has 2 rings (SSSR count). The summed E-state index contributed by atoms with van der Waals surface area (Å²) in [5, 5.41) is 0. The molecule has 0 amide bonds. The van der Waals surface area contributed by atoms with Crippen molar-refractivity contribution in [1.82, 2.24) is 0 Å². The minimum atomic E-state index is -3.55. The van der Waals surface area contributed by atoms with Gasteiger partial charge in [0.1, 0.15) is 4.21 Å². The van der Waals surface area contributed by atoms with Crippen LogP contribution in [0.1, 0.15) is 5.56 Å². The second-order valence-electron chi connectivity index (χ2n) is 3.39. The lowest BCUT2D eigenvalue weighted by Crippen LogP contribution is -2.11. The number of benzene rings is 1. The molecule has 0 aliphatic carbocycles. The van der Waals surface area contributed by atoms with Gasteiger partial charge >= 0.3 is 0 Å². The SMILES string of the molecule is C#Cc1cccc(NS(=O)(=O)c2ccc(Br)s2)c1. The fourth-order valence-corrected chi connectivity index (χ4v) is 4.38. The summed E-state index contributed by atoms with van der Waals surface area (Å²) in [5.41, 5.74) is 1.08. The topological polar surface area (TPSA) is 46.2 Å². The number of terminal acetylenes is 1. The number of hydrogen-bond acceptors (Lipinski definition) is 3. The maximum Gasteiger partial charge on any atom is 0.271 e. The first-order chi connectivity index (χ1) is 8.51. The van der Waals surface area contributed by atoms with E-state index in [1.165, 1.54) is 0 Å². The van der Waals surface area contributed by atoms with Crippen molar-refractivity contribution in [3.63, 3.8) is 0 Å². The number of thiophene rings is 1. The molecule has 1 aromatic carbocycles. The fourth-order valence-electron chi connectivity index (χ4n) is 1.32. The van der Waals surface area contributed by atoms with Crippen molar-refractivity contribution in [2.75, 3.05) is 4.72 Å². The van der Waals surface area contributed by atoms with Gasteiger partial charge in [0, 0.05) is 5.56 Å². The molecule has 0 fully saturated rings. The molecular formula is C12H8BrNO2S2. The van der Waals surface area contributed by atoms with Gasteiger partial charge in [-0.1, -0.05) is 12.0 Å². The minimum Gasteiger partial charge on any atom is -0.279 e. The van der Waals surface area contributed by atoms with Crippen LogP contribution in [0, 0.1) is 12.3 Å². The minimum absolute atomic E-state index is 0.250. The molecule has 0 bridgehead atoms. The summed E-state index contributed by atoms with van der Waals surface area (Å²) in [6.07, 6.45) is 5.27. The van der Waals surface area contributed by atoms with Gasteiger partial charge in [0.15, 0.2) is 0 Å². The lowest BCUT2D eigenvalue weighted by Gasteiger charge is -2.06.